The summed E-state index contributed by atoms with van der Waals surface area (Å²) in [5.74, 6) is 2.41. The molecular weight excluding hydrogens is 619 g/mol. The highest BCUT2D eigenvalue weighted by Crippen LogP contribution is 2.42. The average molecular weight is 663 g/mol. The minimum Gasteiger partial charge on any atom is -0.494 e. The van der Waals surface area contributed by atoms with E-state index < -0.39 is 7.92 Å². The normalized spacial score (nSPS) is 15.7. The molecule has 0 amide bonds. The van der Waals surface area contributed by atoms with Crippen molar-refractivity contribution in [2.75, 3.05) is 76.2 Å². The lowest BCUT2D eigenvalue weighted by atomic mass is 10.0. The molecule has 48 heavy (non-hydrogen) atoms. The minimum absolute atomic E-state index is 0.423. The number of piperazine rings is 1. The standard InChI is InChI=1S/C36H43N10OP/c1-38-21-23(20-37)26-18-30(32(47-3)19-31(26)46-16-14-45(2)15-17-46)42-36-43-34-25(12-13-39-34)35(44-36)41-29-11-10-28-24(33(29)48(4)5)8-9-27(40-28)22-6-7-22/h8-13,18-22,37-38H,6-7,14-17H2,1-5H3,(H3,39,41,42,43,44)/b23-21+,37-20?. The summed E-state index contributed by atoms with van der Waals surface area (Å²) in [6.07, 6.45) is 7.58. The van der Waals surface area contributed by atoms with Gasteiger partial charge in [-0.15, -0.1) is 0 Å². The zero-order chi connectivity index (χ0) is 33.4. The number of hydrogen-bond donors (Lipinski definition) is 5. The van der Waals surface area contributed by atoms with Crippen molar-refractivity contribution in [3.05, 3.63) is 66.1 Å². The van der Waals surface area contributed by atoms with Gasteiger partial charge in [-0.25, -0.2) is 0 Å². The van der Waals surface area contributed by atoms with Gasteiger partial charge in [-0.05, 0) is 63.6 Å². The molecule has 2 aliphatic rings. The quantitative estimate of drug-likeness (QED) is 0.0828. The second-order valence-corrected chi connectivity index (χ2v) is 14.9. The maximum atomic E-state index is 8.22. The van der Waals surface area contributed by atoms with Crippen molar-refractivity contribution in [1.29, 1.82) is 5.41 Å². The summed E-state index contributed by atoms with van der Waals surface area (Å²) in [5, 5.41) is 21.8. The third kappa shape index (κ3) is 6.28. The first-order valence-corrected chi connectivity index (χ1v) is 18.6. The predicted molar refractivity (Wildman–Crippen MR) is 201 cm³/mol. The van der Waals surface area contributed by atoms with E-state index >= 15 is 0 Å². The number of H-pyrrole nitrogens is 1. The Morgan fingerprint density at radius 1 is 0.979 bits per heavy atom. The summed E-state index contributed by atoms with van der Waals surface area (Å²) in [5.41, 5.74) is 7.41. The molecule has 0 bridgehead atoms. The fraction of sp³-hybridized carbons (Fsp3) is 0.333. The van der Waals surface area contributed by atoms with Gasteiger partial charge < -0.3 is 40.9 Å². The Morgan fingerprint density at radius 2 is 1.79 bits per heavy atom. The Kier molecular flexibility index (Phi) is 8.90. The van der Waals surface area contributed by atoms with Gasteiger partial charge in [0.25, 0.3) is 0 Å². The number of aromatic amines is 1. The number of rotatable bonds is 11. The Balaban J connectivity index is 1.27. The topological polar surface area (TPSA) is 130 Å². The monoisotopic (exact) mass is 662 g/mol. The van der Waals surface area contributed by atoms with Crippen LogP contribution in [0.15, 0.2) is 54.9 Å². The van der Waals surface area contributed by atoms with Gasteiger partial charge >= 0.3 is 0 Å². The van der Waals surface area contributed by atoms with Crippen LogP contribution in [0.4, 0.5) is 28.8 Å². The van der Waals surface area contributed by atoms with Crippen LogP contribution < -0.4 is 30.9 Å². The summed E-state index contributed by atoms with van der Waals surface area (Å²) in [4.78, 5) is 22.8. The van der Waals surface area contributed by atoms with E-state index in [0.717, 1.165) is 59.6 Å². The molecule has 0 radical (unpaired) electrons. The van der Waals surface area contributed by atoms with E-state index in [1.807, 2.05) is 31.6 Å². The molecule has 11 nitrogen and oxygen atoms in total. The number of ether oxygens (including phenoxy) is 1. The van der Waals surface area contributed by atoms with E-state index in [9.17, 15) is 0 Å². The molecule has 1 saturated carbocycles. The molecule has 5 N–H and O–H groups in total. The van der Waals surface area contributed by atoms with Gasteiger partial charge in [0.2, 0.25) is 5.95 Å². The summed E-state index contributed by atoms with van der Waals surface area (Å²) < 4.78 is 5.93. The Bertz CT molecular complexity index is 2010. The molecule has 1 saturated heterocycles. The molecular formula is C36H43N10OP. The van der Waals surface area contributed by atoms with E-state index in [0.29, 0.717) is 34.8 Å². The van der Waals surface area contributed by atoms with E-state index in [1.54, 1.807) is 7.11 Å². The lowest BCUT2D eigenvalue weighted by Crippen LogP contribution is -2.44. The number of anilines is 5. The first-order chi connectivity index (χ1) is 23.4. The van der Waals surface area contributed by atoms with Crippen LogP contribution in [0.2, 0.25) is 0 Å². The Morgan fingerprint density at radius 3 is 2.50 bits per heavy atom. The van der Waals surface area contributed by atoms with Crippen LogP contribution in [-0.4, -0.2) is 91.8 Å². The molecule has 7 rings (SSSR count). The third-order valence-electron chi connectivity index (χ3n) is 9.15. The van der Waals surface area contributed by atoms with Crippen molar-refractivity contribution in [2.45, 2.75) is 18.8 Å². The molecule has 2 fully saturated rings. The van der Waals surface area contributed by atoms with Crippen LogP contribution in [0, 0.1) is 5.41 Å². The zero-order valence-corrected chi connectivity index (χ0v) is 29.1. The average Bonchev–Trinajstić information content (AvgIpc) is 3.84. The lowest BCUT2D eigenvalue weighted by molar-refractivity contribution is 0.312. The number of benzene rings is 2. The third-order valence-corrected chi connectivity index (χ3v) is 10.5. The van der Waals surface area contributed by atoms with E-state index in [4.69, 9.17) is 25.1 Å². The molecule has 0 unspecified atom stereocenters. The summed E-state index contributed by atoms with van der Waals surface area (Å²) in [6.45, 7) is 8.27. The van der Waals surface area contributed by atoms with E-state index in [2.05, 4.69) is 81.4 Å². The van der Waals surface area contributed by atoms with Crippen LogP contribution in [0.3, 0.4) is 0 Å². The molecule has 5 aromatic rings. The van der Waals surface area contributed by atoms with Crippen LogP contribution >= 0.6 is 7.92 Å². The van der Waals surface area contributed by atoms with Gasteiger partial charge in [-0.2, -0.15) is 9.97 Å². The first-order valence-electron chi connectivity index (χ1n) is 16.4. The molecule has 1 aliphatic carbocycles. The highest BCUT2D eigenvalue weighted by molar-refractivity contribution is 7.65. The maximum Gasteiger partial charge on any atom is 0.231 e. The SMILES string of the molecule is CN/C=C(\C=N)c1cc(Nc2nc(Nc3ccc4nc(C5CC5)ccc4c3P(C)C)c3cc[nH]c3n2)c(OC)cc1N1CCN(C)CC1. The van der Waals surface area contributed by atoms with Crippen LogP contribution in [0.25, 0.3) is 27.5 Å². The summed E-state index contributed by atoms with van der Waals surface area (Å²) >= 11 is 0. The largest absolute Gasteiger partial charge is 0.494 e. The number of nitrogens with zero attached hydrogens (tertiary/aromatic N) is 5. The van der Waals surface area contributed by atoms with Crippen molar-refractivity contribution in [3.8, 4) is 5.75 Å². The smallest absolute Gasteiger partial charge is 0.231 e. The lowest BCUT2D eigenvalue weighted by Gasteiger charge is -2.35. The number of pyridine rings is 1. The molecule has 2 aromatic carbocycles. The van der Waals surface area contributed by atoms with Crippen LogP contribution in [0.5, 0.6) is 5.75 Å². The van der Waals surface area contributed by atoms with Gasteiger partial charge in [0.05, 0.1) is 23.7 Å². The second-order valence-electron chi connectivity index (χ2n) is 12.7. The van der Waals surface area contributed by atoms with Crippen molar-refractivity contribution in [1.82, 2.24) is 30.2 Å². The number of nitrogens with one attached hydrogen (secondary N) is 5. The fourth-order valence-electron chi connectivity index (χ4n) is 6.46. The molecule has 0 atom stereocenters. The second kappa shape index (κ2) is 13.4. The Hall–Kier alpha value is -4.73. The highest BCUT2D eigenvalue weighted by Gasteiger charge is 2.26. The van der Waals surface area contributed by atoms with Gasteiger partial charge in [-0.3, -0.25) is 4.98 Å². The van der Waals surface area contributed by atoms with E-state index in [-0.39, 0.29) is 0 Å². The number of likely N-dealkylation sites (N-methyl/N-ethyl adjacent to an activating group) is 1. The number of methoxy groups -OCH3 is 1. The molecule has 0 spiro atoms. The van der Waals surface area contributed by atoms with Crippen molar-refractivity contribution in [2.24, 2.45) is 0 Å². The number of hydrogen-bond acceptors (Lipinski definition) is 10. The molecule has 12 heteroatoms. The minimum atomic E-state index is -0.455. The maximum absolute atomic E-state index is 8.22. The Labute approximate surface area is 282 Å². The molecule has 1 aliphatic heterocycles. The highest BCUT2D eigenvalue weighted by atomic mass is 31.1. The molecule has 3 aromatic heterocycles. The first kappa shape index (κ1) is 31.8. The number of aromatic nitrogens is 4. The number of fused-ring (bicyclic) bond motifs is 2. The molecule has 248 valence electrons. The number of allylic oxidation sites excluding steroid dienone is 1. The van der Waals surface area contributed by atoms with Crippen molar-refractivity contribution >= 4 is 75.8 Å². The molecule has 4 heterocycles. The summed E-state index contributed by atoms with van der Waals surface area (Å²) in [6, 6.07) is 14.8. The van der Waals surface area contributed by atoms with Crippen molar-refractivity contribution < 1.29 is 4.74 Å². The van der Waals surface area contributed by atoms with Gasteiger partial charge in [0.1, 0.15) is 17.2 Å². The predicted octanol–water partition coefficient (Wildman–Crippen LogP) is 6.21. The van der Waals surface area contributed by atoms with Crippen LogP contribution in [-0.2, 0) is 0 Å². The van der Waals surface area contributed by atoms with Crippen LogP contribution in [0.1, 0.15) is 30.0 Å². The zero-order valence-electron chi connectivity index (χ0n) is 28.2. The fourth-order valence-corrected chi connectivity index (χ4v) is 7.75. The van der Waals surface area contributed by atoms with Gasteiger partial charge in [-0.1, -0.05) is 14.0 Å². The van der Waals surface area contributed by atoms with Gasteiger partial charge in [0.15, 0.2) is 0 Å². The summed E-state index contributed by atoms with van der Waals surface area (Å²) in [7, 11) is 5.21. The van der Waals surface area contributed by atoms with Crippen molar-refractivity contribution in [3.63, 3.8) is 0 Å². The van der Waals surface area contributed by atoms with Gasteiger partial charge in [0, 0.05) is 103 Å². The van der Waals surface area contributed by atoms with E-state index in [1.165, 1.54) is 35.4 Å².